The molecule has 2 N–H and O–H groups in total. The Morgan fingerprint density at radius 1 is 1.25 bits per heavy atom. The molecule has 2 bridgehead atoms. The minimum atomic E-state index is -0.255. The lowest BCUT2D eigenvalue weighted by molar-refractivity contribution is -0.136. The van der Waals surface area contributed by atoms with E-state index in [1.165, 1.54) is 6.42 Å². The number of hydrogen-bond donors (Lipinski definition) is 2. The van der Waals surface area contributed by atoms with Crippen LogP contribution in [0.2, 0.25) is 0 Å². The average Bonchev–Trinajstić information content (AvgIpc) is 3.37. The average molecular weight is 386 g/mol. The molecule has 0 spiro atoms. The highest BCUT2D eigenvalue weighted by Crippen LogP contribution is 2.34. The van der Waals surface area contributed by atoms with Crippen molar-refractivity contribution in [2.45, 2.75) is 43.4 Å². The predicted octanol–water partition coefficient (Wildman–Crippen LogP) is 1.11. The topological polar surface area (TPSA) is 75.2 Å². The summed E-state index contributed by atoms with van der Waals surface area (Å²) in [5, 5.41) is 6.87. The van der Waals surface area contributed by atoms with Crippen molar-refractivity contribution in [2.75, 3.05) is 39.9 Å². The third-order valence-corrected chi connectivity index (χ3v) is 5.95. The van der Waals surface area contributed by atoms with Gasteiger partial charge in [0, 0.05) is 26.7 Å². The first-order valence-electron chi connectivity index (χ1n) is 10.3. The lowest BCUT2D eigenvalue weighted by Crippen LogP contribution is -2.50. The van der Waals surface area contributed by atoms with Crippen LogP contribution >= 0.6 is 0 Å². The van der Waals surface area contributed by atoms with Gasteiger partial charge in [-0.1, -0.05) is 30.3 Å². The molecule has 1 aromatic rings. The molecule has 4 unspecified atom stereocenters. The highest BCUT2D eigenvalue weighted by Gasteiger charge is 2.41. The molecule has 4 atom stereocenters. The third kappa shape index (κ3) is 4.31. The van der Waals surface area contributed by atoms with E-state index in [9.17, 15) is 4.79 Å². The van der Waals surface area contributed by atoms with Crippen molar-refractivity contribution in [1.82, 2.24) is 15.5 Å². The number of guanidine groups is 1. The Bertz CT molecular complexity index is 690. The zero-order chi connectivity index (χ0) is 19.3. The molecular weight excluding hydrogens is 356 g/mol. The Balaban J connectivity index is 1.40. The number of morpholine rings is 1. The van der Waals surface area contributed by atoms with Gasteiger partial charge in [-0.2, -0.15) is 0 Å². The predicted molar refractivity (Wildman–Crippen MR) is 107 cm³/mol. The van der Waals surface area contributed by atoms with E-state index in [1.807, 2.05) is 35.2 Å². The van der Waals surface area contributed by atoms with Crippen molar-refractivity contribution in [3.63, 3.8) is 0 Å². The van der Waals surface area contributed by atoms with Crippen LogP contribution in [0, 0.1) is 0 Å². The number of nitrogens with one attached hydrogen (secondary N) is 2. The van der Waals surface area contributed by atoms with E-state index in [4.69, 9.17) is 9.47 Å². The number of ether oxygens (including phenoxy) is 2. The minimum absolute atomic E-state index is 0.140. The lowest BCUT2D eigenvalue weighted by Gasteiger charge is -2.31. The first-order chi connectivity index (χ1) is 13.7. The molecule has 7 nitrogen and oxygen atoms in total. The highest BCUT2D eigenvalue weighted by atomic mass is 16.5. The number of amides is 1. The molecule has 28 heavy (non-hydrogen) atoms. The van der Waals surface area contributed by atoms with Crippen LogP contribution in [0.25, 0.3) is 0 Å². The number of carbonyl (C=O) groups excluding carboxylic acids is 1. The zero-order valence-electron chi connectivity index (χ0n) is 16.5. The Morgan fingerprint density at radius 2 is 2.04 bits per heavy atom. The van der Waals surface area contributed by atoms with E-state index in [1.54, 1.807) is 7.05 Å². The number of rotatable bonds is 5. The number of hydrogen-bond acceptors (Lipinski definition) is 4. The smallest absolute Gasteiger partial charge is 0.232 e. The quantitative estimate of drug-likeness (QED) is 0.586. The summed E-state index contributed by atoms with van der Waals surface area (Å²) in [5.74, 6) is 0.617. The SMILES string of the molecule is CN=C(NCC(C(=O)N1CCOCC1)c1ccccc1)NC1CC2CCC1O2. The monoisotopic (exact) mass is 386 g/mol. The van der Waals surface area contributed by atoms with Crippen LogP contribution < -0.4 is 10.6 Å². The summed E-state index contributed by atoms with van der Waals surface area (Å²) < 4.78 is 11.3. The van der Waals surface area contributed by atoms with Crippen LogP contribution in [0.15, 0.2) is 35.3 Å². The zero-order valence-corrected chi connectivity index (χ0v) is 16.5. The molecule has 7 heteroatoms. The van der Waals surface area contributed by atoms with Gasteiger partial charge in [-0.3, -0.25) is 9.79 Å². The maximum absolute atomic E-state index is 13.2. The first-order valence-corrected chi connectivity index (χ1v) is 10.3. The lowest BCUT2D eigenvalue weighted by atomic mass is 9.95. The number of fused-ring (bicyclic) bond motifs is 2. The second-order valence-electron chi connectivity index (χ2n) is 7.71. The molecule has 3 heterocycles. The van der Waals surface area contributed by atoms with E-state index >= 15 is 0 Å². The van der Waals surface area contributed by atoms with Crippen molar-refractivity contribution < 1.29 is 14.3 Å². The summed E-state index contributed by atoms with van der Waals surface area (Å²) >= 11 is 0. The molecule has 3 fully saturated rings. The summed E-state index contributed by atoms with van der Waals surface area (Å²) in [4.78, 5) is 19.5. The second-order valence-corrected chi connectivity index (χ2v) is 7.71. The van der Waals surface area contributed by atoms with Crippen molar-refractivity contribution >= 4 is 11.9 Å². The van der Waals surface area contributed by atoms with Gasteiger partial charge in [0.1, 0.15) is 0 Å². The van der Waals surface area contributed by atoms with Gasteiger partial charge in [-0.15, -0.1) is 0 Å². The normalized spacial score (nSPS) is 28.2. The maximum Gasteiger partial charge on any atom is 0.232 e. The molecule has 1 aromatic carbocycles. The summed E-state index contributed by atoms with van der Waals surface area (Å²) in [6.45, 7) is 3.01. The van der Waals surface area contributed by atoms with Crippen LogP contribution in [-0.4, -0.2) is 74.9 Å². The van der Waals surface area contributed by atoms with Gasteiger partial charge >= 0.3 is 0 Å². The molecule has 152 valence electrons. The summed E-state index contributed by atoms with van der Waals surface area (Å²) in [7, 11) is 1.77. The summed E-state index contributed by atoms with van der Waals surface area (Å²) in [6.07, 6.45) is 3.98. The number of carbonyl (C=O) groups is 1. The summed E-state index contributed by atoms with van der Waals surface area (Å²) in [6, 6.07) is 10.3. The van der Waals surface area contributed by atoms with Crippen LogP contribution in [0.3, 0.4) is 0 Å². The number of nitrogens with zero attached hydrogens (tertiary/aromatic N) is 2. The molecule has 1 amide bonds. The molecule has 3 aliphatic rings. The Kier molecular flexibility index (Phi) is 6.12. The maximum atomic E-state index is 13.2. The van der Waals surface area contributed by atoms with Crippen molar-refractivity contribution in [2.24, 2.45) is 4.99 Å². The second kappa shape index (κ2) is 8.92. The number of benzene rings is 1. The highest BCUT2D eigenvalue weighted by molar-refractivity contribution is 5.86. The van der Waals surface area contributed by atoms with Crippen LogP contribution in [0.4, 0.5) is 0 Å². The van der Waals surface area contributed by atoms with Crippen molar-refractivity contribution in [1.29, 1.82) is 0 Å². The molecule has 0 aromatic heterocycles. The van der Waals surface area contributed by atoms with Crippen molar-refractivity contribution in [3.05, 3.63) is 35.9 Å². The third-order valence-electron chi connectivity index (χ3n) is 5.95. The van der Waals surface area contributed by atoms with E-state index in [0.29, 0.717) is 45.0 Å². The Labute approximate surface area is 166 Å². The summed E-state index contributed by atoms with van der Waals surface area (Å²) in [5.41, 5.74) is 1.02. The molecular formula is C21H30N4O3. The largest absolute Gasteiger partial charge is 0.378 e. The van der Waals surface area contributed by atoms with Gasteiger partial charge in [-0.05, 0) is 24.8 Å². The van der Waals surface area contributed by atoms with Gasteiger partial charge < -0.3 is 25.0 Å². The van der Waals surface area contributed by atoms with Gasteiger partial charge in [-0.25, -0.2) is 0 Å². The molecule has 0 saturated carbocycles. The molecule has 3 aliphatic heterocycles. The van der Waals surface area contributed by atoms with Crippen molar-refractivity contribution in [3.8, 4) is 0 Å². The molecule has 0 radical (unpaired) electrons. The molecule has 3 saturated heterocycles. The Hall–Kier alpha value is -2.12. The van der Waals surface area contributed by atoms with Crippen LogP contribution in [-0.2, 0) is 14.3 Å². The Morgan fingerprint density at radius 3 is 2.68 bits per heavy atom. The van der Waals surface area contributed by atoms with Crippen LogP contribution in [0.5, 0.6) is 0 Å². The minimum Gasteiger partial charge on any atom is -0.378 e. The fourth-order valence-corrected chi connectivity index (χ4v) is 4.40. The van der Waals surface area contributed by atoms with Gasteiger partial charge in [0.25, 0.3) is 0 Å². The van der Waals surface area contributed by atoms with Gasteiger partial charge in [0.2, 0.25) is 5.91 Å². The van der Waals surface area contributed by atoms with Crippen LogP contribution in [0.1, 0.15) is 30.7 Å². The standard InChI is InChI=1S/C21H30N4O3/c1-22-21(24-18-13-16-7-8-19(18)28-16)23-14-17(15-5-3-2-4-6-15)20(26)25-9-11-27-12-10-25/h2-6,16-19H,7-14H2,1H3,(H2,22,23,24). The van der Waals surface area contributed by atoms with E-state index < -0.39 is 0 Å². The van der Waals surface area contributed by atoms with E-state index in [2.05, 4.69) is 15.6 Å². The van der Waals surface area contributed by atoms with E-state index in [0.717, 1.165) is 24.4 Å². The first kappa shape index (κ1) is 19.2. The fourth-order valence-electron chi connectivity index (χ4n) is 4.40. The van der Waals surface area contributed by atoms with Gasteiger partial charge in [0.05, 0.1) is 37.4 Å². The molecule has 0 aliphatic carbocycles. The van der Waals surface area contributed by atoms with Gasteiger partial charge in [0.15, 0.2) is 5.96 Å². The fraction of sp³-hybridized carbons (Fsp3) is 0.619. The van der Waals surface area contributed by atoms with E-state index in [-0.39, 0.29) is 17.9 Å². The number of aliphatic imine (C=N–C) groups is 1. The molecule has 4 rings (SSSR count).